The Balaban J connectivity index is 1.87. The Morgan fingerprint density at radius 3 is 2.55 bits per heavy atom. The lowest BCUT2D eigenvalue weighted by Crippen LogP contribution is -2.30. The van der Waals surface area contributed by atoms with Gasteiger partial charge in [0.1, 0.15) is 6.04 Å². The normalized spacial score (nSPS) is 16.8. The molecule has 7 nitrogen and oxygen atoms in total. The summed E-state index contributed by atoms with van der Waals surface area (Å²) < 4.78 is 7.45. The molecule has 2 aromatic rings. The molecule has 1 aliphatic rings. The van der Waals surface area contributed by atoms with Gasteiger partial charge < -0.3 is 14.4 Å². The zero-order chi connectivity index (χ0) is 21.5. The minimum atomic E-state index is -0.381. The van der Waals surface area contributed by atoms with Gasteiger partial charge in [-0.25, -0.2) is 0 Å². The minimum absolute atomic E-state index is 0.0650. The van der Waals surface area contributed by atoms with Gasteiger partial charge in [-0.3, -0.25) is 9.59 Å². The lowest BCUT2D eigenvalue weighted by molar-refractivity contribution is -0.121. The zero-order valence-corrected chi connectivity index (χ0v) is 18.5. The Hall–Kier alpha value is -2.44. The average molecular weight is 401 g/mol. The molecule has 0 unspecified atom stereocenters. The van der Waals surface area contributed by atoms with Crippen LogP contribution in [0.25, 0.3) is 0 Å². The monoisotopic (exact) mass is 400 g/mol. The van der Waals surface area contributed by atoms with Crippen LogP contribution in [0.3, 0.4) is 0 Å². The first-order chi connectivity index (χ1) is 13.5. The van der Waals surface area contributed by atoms with Crippen molar-refractivity contribution in [3.05, 3.63) is 34.2 Å². The van der Waals surface area contributed by atoms with Gasteiger partial charge in [0.2, 0.25) is 11.8 Å². The zero-order valence-electron chi connectivity index (χ0n) is 18.5. The van der Waals surface area contributed by atoms with Gasteiger partial charge >= 0.3 is 0 Å². The number of hydrogen-bond donors (Lipinski definition) is 1. The number of amides is 1. The molecule has 2 aromatic heterocycles. The summed E-state index contributed by atoms with van der Waals surface area (Å²) in [6.45, 7) is 14.3. The van der Waals surface area contributed by atoms with Crippen molar-refractivity contribution in [1.29, 1.82) is 0 Å². The number of nitrogens with one attached hydrogen (secondary N) is 1. The van der Waals surface area contributed by atoms with E-state index >= 15 is 0 Å². The van der Waals surface area contributed by atoms with E-state index in [9.17, 15) is 9.59 Å². The number of carbonyl (C=O) groups excluding carboxylic acids is 2. The van der Waals surface area contributed by atoms with E-state index in [4.69, 9.17) is 4.52 Å². The van der Waals surface area contributed by atoms with Crippen LogP contribution in [-0.4, -0.2) is 26.4 Å². The van der Waals surface area contributed by atoms with Gasteiger partial charge in [-0.2, -0.15) is 4.98 Å². The van der Waals surface area contributed by atoms with Crippen LogP contribution >= 0.6 is 0 Å². The van der Waals surface area contributed by atoms with E-state index in [1.165, 1.54) is 0 Å². The predicted octanol–water partition coefficient (Wildman–Crippen LogP) is 3.90. The number of carbonyl (C=O) groups is 2. The maximum absolute atomic E-state index is 13.0. The molecule has 0 radical (unpaired) electrons. The molecule has 0 fully saturated rings. The van der Waals surface area contributed by atoms with E-state index < -0.39 is 0 Å². The highest BCUT2D eigenvalue weighted by molar-refractivity contribution is 6.01. The van der Waals surface area contributed by atoms with Crippen molar-refractivity contribution >= 4 is 11.7 Å². The van der Waals surface area contributed by atoms with Crippen LogP contribution in [0.5, 0.6) is 0 Å². The minimum Gasteiger partial charge on any atom is -0.345 e. The molecule has 158 valence electrons. The number of Topliss-reactive ketones (excluding diaryl/α,β-unsaturated/α-hetero) is 1. The molecule has 3 rings (SSSR count). The molecule has 1 N–H and O–H groups in total. The molecule has 1 atom stereocenters. The topological polar surface area (TPSA) is 90.0 Å². The van der Waals surface area contributed by atoms with Crippen LogP contribution in [0.2, 0.25) is 0 Å². The van der Waals surface area contributed by atoms with E-state index in [0.717, 1.165) is 28.9 Å². The highest BCUT2D eigenvalue weighted by Crippen LogP contribution is 2.40. The summed E-state index contributed by atoms with van der Waals surface area (Å²) in [6, 6.07) is -0.153. The van der Waals surface area contributed by atoms with Crippen molar-refractivity contribution < 1.29 is 14.1 Å². The van der Waals surface area contributed by atoms with E-state index in [1.807, 2.05) is 20.8 Å². The van der Waals surface area contributed by atoms with Gasteiger partial charge in [0, 0.05) is 35.8 Å². The van der Waals surface area contributed by atoms with Gasteiger partial charge in [0.25, 0.3) is 0 Å². The summed E-state index contributed by atoms with van der Waals surface area (Å²) in [6.07, 6.45) is 2.19. The molecule has 0 aromatic carbocycles. The SMILES string of the molecule is CCc1noc([C@@H](C)NC(=O)Cc2c3c(n(C(C)C)c2C)CC(C)(C)CC3=O)n1. The third-order valence-corrected chi connectivity index (χ3v) is 5.64. The second-order valence-electron chi connectivity index (χ2n) is 9.16. The van der Waals surface area contributed by atoms with Crippen molar-refractivity contribution in [2.45, 2.75) is 86.2 Å². The van der Waals surface area contributed by atoms with Gasteiger partial charge in [-0.15, -0.1) is 0 Å². The smallest absolute Gasteiger partial charge is 0.248 e. The predicted molar refractivity (Wildman–Crippen MR) is 110 cm³/mol. The molecule has 0 saturated heterocycles. The Morgan fingerprint density at radius 2 is 1.97 bits per heavy atom. The summed E-state index contributed by atoms with van der Waals surface area (Å²) in [7, 11) is 0. The van der Waals surface area contributed by atoms with Crippen LogP contribution in [-0.2, 0) is 24.1 Å². The van der Waals surface area contributed by atoms with E-state index in [2.05, 4.69) is 47.7 Å². The van der Waals surface area contributed by atoms with Gasteiger partial charge in [-0.1, -0.05) is 25.9 Å². The summed E-state index contributed by atoms with van der Waals surface area (Å²) in [5.41, 5.74) is 3.61. The molecule has 0 spiro atoms. The molecule has 0 saturated carbocycles. The molecular weight excluding hydrogens is 368 g/mol. The van der Waals surface area contributed by atoms with Crippen molar-refractivity contribution in [2.24, 2.45) is 5.41 Å². The first kappa shape index (κ1) is 21.3. The van der Waals surface area contributed by atoms with E-state index in [1.54, 1.807) is 0 Å². The van der Waals surface area contributed by atoms with Gasteiger partial charge in [0.05, 0.1) is 6.42 Å². The third-order valence-electron chi connectivity index (χ3n) is 5.64. The van der Waals surface area contributed by atoms with Crippen LogP contribution in [0, 0.1) is 12.3 Å². The number of ketones is 1. The lowest BCUT2D eigenvalue weighted by Gasteiger charge is -2.31. The van der Waals surface area contributed by atoms with Crippen molar-refractivity contribution in [3.8, 4) is 0 Å². The molecule has 1 aliphatic carbocycles. The molecule has 0 aliphatic heterocycles. The number of rotatable bonds is 6. The number of fused-ring (bicyclic) bond motifs is 1. The van der Waals surface area contributed by atoms with Crippen molar-refractivity contribution in [2.75, 3.05) is 0 Å². The largest absolute Gasteiger partial charge is 0.345 e. The van der Waals surface area contributed by atoms with Crippen LogP contribution in [0.4, 0.5) is 0 Å². The number of aryl methyl sites for hydroxylation is 1. The Morgan fingerprint density at radius 1 is 1.28 bits per heavy atom. The fourth-order valence-electron chi connectivity index (χ4n) is 4.38. The average Bonchev–Trinajstić information content (AvgIpc) is 3.17. The first-order valence-electron chi connectivity index (χ1n) is 10.4. The standard InChI is InChI=1S/C22H32N4O3/c1-8-18-24-21(29-25-18)13(4)23-19(28)9-15-14(5)26(12(2)3)16-10-22(6,7)11-17(27)20(15)16/h12-13H,8-11H2,1-7H3,(H,23,28)/t13-/m1/s1. The number of nitrogens with zero attached hydrogens (tertiary/aromatic N) is 3. The quantitative estimate of drug-likeness (QED) is 0.794. The molecular formula is C22H32N4O3. The molecule has 1 amide bonds. The lowest BCUT2D eigenvalue weighted by atomic mass is 9.75. The molecule has 0 bridgehead atoms. The fraction of sp³-hybridized carbons (Fsp3) is 0.636. The maximum atomic E-state index is 13.0. The molecule has 7 heteroatoms. The van der Waals surface area contributed by atoms with Gasteiger partial charge in [-0.05, 0) is 45.1 Å². The van der Waals surface area contributed by atoms with Gasteiger partial charge in [0.15, 0.2) is 11.6 Å². The fourth-order valence-corrected chi connectivity index (χ4v) is 4.38. The van der Waals surface area contributed by atoms with Crippen LogP contribution in [0.15, 0.2) is 4.52 Å². The Labute approximate surface area is 172 Å². The highest BCUT2D eigenvalue weighted by Gasteiger charge is 2.37. The maximum Gasteiger partial charge on any atom is 0.248 e. The van der Waals surface area contributed by atoms with Crippen molar-refractivity contribution in [1.82, 2.24) is 20.0 Å². The second kappa shape index (κ2) is 7.76. The van der Waals surface area contributed by atoms with Crippen LogP contribution < -0.4 is 5.32 Å². The van der Waals surface area contributed by atoms with E-state index in [-0.39, 0.29) is 35.6 Å². The molecule has 29 heavy (non-hydrogen) atoms. The summed E-state index contributed by atoms with van der Waals surface area (Å²) >= 11 is 0. The number of hydrogen-bond acceptors (Lipinski definition) is 5. The van der Waals surface area contributed by atoms with E-state index in [0.29, 0.717) is 24.6 Å². The third kappa shape index (κ3) is 4.14. The number of aromatic nitrogens is 3. The molecule has 2 heterocycles. The highest BCUT2D eigenvalue weighted by atomic mass is 16.5. The Kier molecular flexibility index (Phi) is 5.70. The summed E-state index contributed by atoms with van der Waals surface area (Å²) in [5.74, 6) is 0.997. The summed E-state index contributed by atoms with van der Waals surface area (Å²) in [5, 5.41) is 6.81. The summed E-state index contributed by atoms with van der Waals surface area (Å²) in [4.78, 5) is 30.1. The van der Waals surface area contributed by atoms with Crippen LogP contribution in [0.1, 0.15) is 99.1 Å². The first-order valence-corrected chi connectivity index (χ1v) is 10.4. The Bertz CT molecular complexity index is 936. The second-order valence-corrected chi connectivity index (χ2v) is 9.16. The van der Waals surface area contributed by atoms with Crippen molar-refractivity contribution in [3.63, 3.8) is 0 Å².